The van der Waals surface area contributed by atoms with Crippen molar-refractivity contribution in [2.45, 2.75) is 39.3 Å². The summed E-state index contributed by atoms with van der Waals surface area (Å²) in [5.41, 5.74) is 6.56. The summed E-state index contributed by atoms with van der Waals surface area (Å²) in [6.45, 7) is 7.38. The number of hydrogen-bond acceptors (Lipinski definition) is 3. The number of nitrogens with two attached hydrogens (primary N) is 1. The van der Waals surface area contributed by atoms with Gasteiger partial charge in [0.2, 0.25) is 11.9 Å². The van der Waals surface area contributed by atoms with E-state index in [0.29, 0.717) is 15.5 Å². The molecule has 1 aromatic carbocycles. The normalized spacial score (nSPS) is 13.4. The second-order valence-electron chi connectivity index (χ2n) is 6.01. The lowest BCUT2D eigenvalue weighted by atomic mass is 10.1. The van der Waals surface area contributed by atoms with Crippen molar-refractivity contribution in [2.75, 3.05) is 5.73 Å². The number of fused-ring (bicyclic) bond motifs is 1. The fourth-order valence-electron chi connectivity index (χ4n) is 2.11. The lowest BCUT2D eigenvalue weighted by Crippen LogP contribution is -2.43. The molecule has 0 fully saturated rings. The number of nitrogens with one attached hydrogen (secondary N) is 1. The van der Waals surface area contributed by atoms with Crippen molar-refractivity contribution in [1.29, 1.82) is 0 Å². The van der Waals surface area contributed by atoms with E-state index in [-0.39, 0.29) is 17.4 Å². The Bertz CT molecular complexity index is 705. The van der Waals surface area contributed by atoms with Gasteiger partial charge in [-0.1, -0.05) is 0 Å². The van der Waals surface area contributed by atoms with Crippen molar-refractivity contribution >= 4 is 38.8 Å². The first-order valence-corrected chi connectivity index (χ1v) is 7.34. The Morgan fingerprint density at radius 3 is 2.67 bits per heavy atom. The number of anilines is 1. The van der Waals surface area contributed by atoms with E-state index < -0.39 is 11.9 Å². The van der Waals surface area contributed by atoms with Gasteiger partial charge in [-0.25, -0.2) is 9.37 Å². The Hall–Kier alpha value is -1.63. The molecule has 5 nitrogen and oxygen atoms in total. The summed E-state index contributed by atoms with van der Waals surface area (Å²) in [4.78, 5) is 16.5. The molecule has 1 amide bonds. The zero-order valence-electron chi connectivity index (χ0n) is 12.4. The minimum Gasteiger partial charge on any atom is -0.369 e. The molecule has 1 atom stereocenters. The van der Waals surface area contributed by atoms with Crippen LogP contribution in [0.15, 0.2) is 16.6 Å². The summed E-state index contributed by atoms with van der Waals surface area (Å²) >= 11 is 3.11. The number of imidazole rings is 1. The van der Waals surface area contributed by atoms with Crippen molar-refractivity contribution in [3.05, 3.63) is 22.4 Å². The molecule has 0 saturated carbocycles. The first kappa shape index (κ1) is 15.8. The van der Waals surface area contributed by atoms with Crippen LogP contribution in [0.3, 0.4) is 0 Å². The minimum atomic E-state index is -0.588. The van der Waals surface area contributed by atoms with Crippen LogP contribution in [-0.2, 0) is 4.79 Å². The Morgan fingerprint density at radius 2 is 2.10 bits per heavy atom. The monoisotopic (exact) mass is 356 g/mol. The molecular formula is C14H18BrFN4O. The maximum atomic E-state index is 13.7. The third kappa shape index (κ3) is 3.18. The van der Waals surface area contributed by atoms with Crippen molar-refractivity contribution in [1.82, 2.24) is 14.9 Å². The number of nitrogens with zero attached hydrogens (tertiary/aromatic N) is 2. The van der Waals surface area contributed by atoms with Gasteiger partial charge >= 0.3 is 0 Å². The number of hydrogen-bond donors (Lipinski definition) is 2. The van der Waals surface area contributed by atoms with Crippen molar-refractivity contribution in [3.8, 4) is 0 Å². The highest BCUT2D eigenvalue weighted by atomic mass is 79.9. The summed E-state index contributed by atoms with van der Waals surface area (Å²) < 4.78 is 15.6. The molecule has 0 aliphatic rings. The van der Waals surface area contributed by atoms with Crippen LogP contribution in [0.2, 0.25) is 0 Å². The number of carbonyl (C=O) groups excluding carboxylic acids is 1. The quantitative estimate of drug-likeness (QED) is 0.868. The van der Waals surface area contributed by atoms with Gasteiger partial charge in [0.25, 0.3) is 0 Å². The van der Waals surface area contributed by atoms with Gasteiger partial charge in [-0.2, -0.15) is 0 Å². The molecular weight excluding hydrogens is 339 g/mol. The molecule has 0 radical (unpaired) electrons. The molecule has 3 N–H and O–H groups in total. The van der Waals surface area contributed by atoms with Gasteiger partial charge in [-0.15, -0.1) is 0 Å². The fraction of sp³-hybridized carbons (Fsp3) is 0.429. The molecule has 0 aliphatic heterocycles. The van der Waals surface area contributed by atoms with Crippen LogP contribution < -0.4 is 11.1 Å². The molecule has 0 bridgehead atoms. The van der Waals surface area contributed by atoms with Crippen LogP contribution in [0.1, 0.15) is 33.7 Å². The zero-order valence-corrected chi connectivity index (χ0v) is 14.0. The fourth-order valence-corrected chi connectivity index (χ4v) is 2.44. The number of halogens is 2. The van der Waals surface area contributed by atoms with E-state index in [9.17, 15) is 9.18 Å². The van der Waals surface area contributed by atoms with Crippen LogP contribution in [0, 0.1) is 5.82 Å². The van der Waals surface area contributed by atoms with Crippen molar-refractivity contribution < 1.29 is 9.18 Å². The molecule has 0 saturated heterocycles. The summed E-state index contributed by atoms with van der Waals surface area (Å²) in [6, 6.07) is 2.28. The Kier molecular flexibility index (Phi) is 3.97. The summed E-state index contributed by atoms with van der Waals surface area (Å²) in [5.74, 6) is -0.442. The molecule has 1 aromatic heterocycles. The van der Waals surface area contributed by atoms with E-state index in [1.165, 1.54) is 10.6 Å². The van der Waals surface area contributed by atoms with Crippen LogP contribution in [0.25, 0.3) is 11.0 Å². The van der Waals surface area contributed by atoms with Crippen LogP contribution in [0.4, 0.5) is 10.3 Å². The molecule has 2 aromatic rings. The average molecular weight is 357 g/mol. The number of amides is 1. The van der Waals surface area contributed by atoms with Gasteiger partial charge in [-0.05, 0) is 49.7 Å². The highest BCUT2D eigenvalue weighted by Crippen LogP contribution is 2.28. The Morgan fingerprint density at radius 1 is 1.48 bits per heavy atom. The van der Waals surface area contributed by atoms with Crippen LogP contribution in [0.5, 0.6) is 0 Å². The molecule has 2 rings (SSSR count). The molecule has 1 unspecified atom stereocenters. The maximum absolute atomic E-state index is 13.7. The lowest BCUT2D eigenvalue weighted by molar-refractivity contribution is -0.125. The number of rotatable bonds is 2. The third-order valence-corrected chi connectivity index (χ3v) is 3.63. The molecule has 114 valence electrons. The van der Waals surface area contributed by atoms with E-state index >= 15 is 0 Å². The molecule has 21 heavy (non-hydrogen) atoms. The predicted octanol–water partition coefficient (Wildman–Crippen LogP) is 3.00. The van der Waals surface area contributed by atoms with E-state index in [1.54, 1.807) is 13.0 Å². The van der Waals surface area contributed by atoms with Gasteiger partial charge < -0.3 is 11.1 Å². The van der Waals surface area contributed by atoms with E-state index in [2.05, 4.69) is 26.2 Å². The van der Waals surface area contributed by atoms with Crippen LogP contribution in [-0.4, -0.2) is 21.0 Å². The highest BCUT2D eigenvalue weighted by Gasteiger charge is 2.24. The number of aromatic nitrogens is 2. The lowest BCUT2D eigenvalue weighted by Gasteiger charge is -2.24. The topological polar surface area (TPSA) is 72.9 Å². The van der Waals surface area contributed by atoms with Crippen LogP contribution >= 0.6 is 15.9 Å². The van der Waals surface area contributed by atoms with Gasteiger partial charge in [0.1, 0.15) is 11.9 Å². The van der Waals surface area contributed by atoms with Crippen molar-refractivity contribution in [3.63, 3.8) is 0 Å². The first-order valence-electron chi connectivity index (χ1n) is 6.54. The average Bonchev–Trinajstić information content (AvgIpc) is 2.62. The number of nitrogen functional groups attached to an aromatic ring is 1. The van der Waals surface area contributed by atoms with Gasteiger partial charge in [0.15, 0.2) is 0 Å². The summed E-state index contributed by atoms with van der Waals surface area (Å²) in [6.07, 6.45) is 0. The van der Waals surface area contributed by atoms with Gasteiger partial charge in [0, 0.05) is 11.6 Å². The predicted molar refractivity (Wildman–Crippen MR) is 84.4 cm³/mol. The third-order valence-electron chi connectivity index (χ3n) is 3.02. The van der Waals surface area contributed by atoms with Crippen molar-refractivity contribution in [2.24, 2.45) is 0 Å². The van der Waals surface area contributed by atoms with E-state index in [4.69, 9.17) is 5.73 Å². The SMILES string of the molecule is CC(C(=O)NC(C)(C)C)n1c(N)nc2cc(Br)c(F)cc21. The smallest absolute Gasteiger partial charge is 0.243 e. The van der Waals surface area contributed by atoms with E-state index in [0.717, 1.165) is 0 Å². The standard InChI is InChI=1S/C14H18BrFN4O/c1-7(12(21)19-14(2,3)4)20-11-6-9(16)8(15)5-10(11)18-13(20)17/h5-7H,1-4H3,(H2,17,18)(H,19,21). The Balaban J connectivity index is 2.48. The first-order chi connectivity index (χ1) is 9.60. The van der Waals surface area contributed by atoms with E-state index in [1.807, 2.05) is 20.8 Å². The largest absolute Gasteiger partial charge is 0.369 e. The molecule has 0 spiro atoms. The number of benzene rings is 1. The summed E-state index contributed by atoms with van der Waals surface area (Å²) in [5, 5.41) is 2.88. The maximum Gasteiger partial charge on any atom is 0.243 e. The number of carbonyl (C=O) groups is 1. The molecule has 7 heteroatoms. The second kappa shape index (κ2) is 5.29. The molecule has 1 heterocycles. The van der Waals surface area contributed by atoms with Gasteiger partial charge in [0.05, 0.1) is 15.5 Å². The Labute approximate surface area is 130 Å². The second-order valence-corrected chi connectivity index (χ2v) is 6.86. The zero-order chi connectivity index (χ0) is 15.9. The highest BCUT2D eigenvalue weighted by molar-refractivity contribution is 9.10. The summed E-state index contributed by atoms with van der Waals surface area (Å²) in [7, 11) is 0. The minimum absolute atomic E-state index is 0.180. The van der Waals surface area contributed by atoms with Gasteiger partial charge in [-0.3, -0.25) is 9.36 Å². The molecule has 0 aliphatic carbocycles.